The summed E-state index contributed by atoms with van der Waals surface area (Å²) in [6.45, 7) is 0. The molecule has 1 nitrogen and oxygen atoms in total. The van der Waals surface area contributed by atoms with Gasteiger partial charge in [-0.05, 0) is 12.1 Å². The Kier molecular flexibility index (Phi) is 5.28. The van der Waals surface area contributed by atoms with Crippen molar-refractivity contribution in [2.75, 3.05) is 0 Å². The smallest absolute Gasteiger partial charge is 0.323 e. The second-order valence-electron chi connectivity index (χ2n) is 3.18. The lowest BCUT2D eigenvalue weighted by Crippen LogP contribution is -2.22. The molecule has 0 heterocycles. The molecule has 98 valence electrons. The van der Waals surface area contributed by atoms with Crippen LogP contribution in [0.4, 0.5) is 26.3 Å². The lowest BCUT2D eigenvalue weighted by molar-refractivity contribution is -0.138. The maximum absolute atomic E-state index is 13.0. The molecule has 1 rings (SSSR count). The zero-order valence-electron chi connectivity index (χ0n) is 8.19. The van der Waals surface area contributed by atoms with Crippen molar-refractivity contribution in [3.8, 4) is 0 Å². The highest BCUT2D eigenvalue weighted by Crippen LogP contribution is 2.31. The lowest BCUT2D eigenvalue weighted by atomic mass is 10.0. The number of halogens is 7. The molecule has 0 unspecified atom stereocenters. The Morgan fingerprint density at radius 1 is 1.06 bits per heavy atom. The highest BCUT2D eigenvalue weighted by molar-refractivity contribution is 5.85. The molecule has 8 heteroatoms. The van der Waals surface area contributed by atoms with Crippen LogP contribution in [0.15, 0.2) is 12.1 Å². The molecule has 0 aliphatic rings. The molecule has 0 aromatic heterocycles. The van der Waals surface area contributed by atoms with E-state index in [2.05, 4.69) is 0 Å². The van der Waals surface area contributed by atoms with Gasteiger partial charge in [-0.3, -0.25) is 0 Å². The third-order valence-corrected chi connectivity index (χ3v) is 1.90. The molecular formula is C9H8ClF6N. The van der Waals surface area contributed by atoms with Gasteiger partial charge < -0.3 is 5.73 Å². The minimum Gasteiger partial charge on any atom is -0.323 e. The van der Waals surface area contributed by atoms with Gasteiger partial charge in [0.25, 0.3) is 0 Å². The van der Waals surface area contributed by atoms with Crippen LogP contribution in [0.5, 0.6) is 0 Å². The Morgan fingerprint density at radius 2 is 1.53 bits per heavy atom. The normalized spacial score (nSPS) is 13.1. The third kappa shape index (κ3) is 4.08. The molecule has 0 saturated carbocycles. The van der Waals surface area contributed by atoms with Crippen molar-refractivity contribution >= 4 is 12.4 Å². The van der Waals surface area contributed by atoms with Gasteiger partial charge in [-0.2, -0.15) is 13.2 Å². The molecule has 1 atom stereocenters. The van der Waals surface area contributed by atoms with Crippen LogP contribution >= 0.6 is 12.4 Å². The topological polar surface area (TPSA) is 26.0 Å². The fourth-order valence-electron chi connectivity index (χ4n) is 1.23. The van der Waals surface area contributed by atoms with E-state index in [0.29, 0.717) is 12.1 Å². The van der Waals surface area contributed by atoms with Gasteiger partial charge in [0.2, 0.25) is 0 Å². The van der Waals surface area contributed by atoms with E-state index in [1.165, 1.54) is 0 Å². The molecule has 0 saturated heterocycles. The first kappa shape index (κ1) is 16.1. The van der Waals surface area contributed by atoms with Gasteiger partial charge >= 0.3 is 6.18 Å². The van der Waals surface area contributed by atoms with Crippen LogP contribution in [0.3, 0.4) is 0 Å². The molecule has 0 bridgehead atoms. The average Bonchev–Trinajstić information content (AvgIpc) is 2.09. The molecule has 0 spiro atoms. The largest absolute Gasteiger partial charge is 0.390 e. The van der Waals surface area contributed by atoms with E-state index in [1.807, 2.05) is 0 Å². The van der Waals surface area contributed by atoms with Crippen molar-refractivity contribution < 1.29 is 26.3 Å². The van der Waals surface area contributed by atoms with E-state index < -0.39 is 41.7 Å². The van der Waals surface area contributed by atoms with E-state index in [0.717, 1.165) is 0 Å². The zero-order valence-corrected chi connectivity index (χ0v) is 9.01. The van der Waals surface area contributed by atoms with Crippen LogP contribution in [-0.4, -0.2) is 6.18 Å². The summed E-state index contributed by atoms with van der Waals surface area (Å²) in [6.07, 6.45) is -6.30. The Hall–Kier alpha value is -0.950. The highest BCUT2D eigenvalue weighted by Gasteiger charge is 2.33. The van der Waals surface area contributed by atoms with Crippen molar-refractivity contribution in [1.82, 2.24) is 0 Å². The molecule has 0 fully saturated rings. The maximum atomic E-state index is 13.0. The first-order valence-electron chi connectivity index (χ1n) is 4.18. The van der Waals surface area contributed by atoms with Gasteiger partial charge in [0.1, 0.15) is 5.82 Å². The molecule has 0 amide bonds. The molecule has 0 radical (unpaired) electrons. The SMILES string of the molecule is Cl.N[C@H](CC(F)(F)F)c1c(F)ccc(F)c1F. The van der Waals surface area contributed by atoms with Crippen molar-refractivity contribution in [3.63, 3.8) is 0 Å². The molecule has 1 aromatic carbocycles. The summed E-state index contributed by atoms with van der Waals surface area (Å²) in [5.41, 5.74) is 3.90. The summed E-state index contributed by atoms with van der Waals surface area (Å²) in [6, 6.07) is -0.950. The van der Waals surface area contributed by atoms with Gasteiger partial charge in [0, 0.05) is 11.6 Å². The minimum atomic E-state index is -4.68. The summed E-state index contributed by atoms with van der Waals surface area (Å²) in [5.74, 6) is -4.42. The Bertz CT molecular complexity index is 392. The second-order valence-corrected chi connectivity index (χ2v) is 3.18. The summed E-state index contributed by atoms with van der Waals surface area (Å²) in [7, 11) is 0. The second kappa shape index (κ2) is 5.59. The van der Waals surface area contributed by atoms with E-state index in [1.54, 1.807) is 0 Å². The number of nitrogens with two attached hydrogens (primary N) is 1. The Morgan fingerprint density at radius 3 is 2.00 bits per heavy atom. The summed E-state index contributed by atoms with van der Waals surface area (Å²) in [5, 5.41) is 0. The number of rotatable bonds is 2. The van der Waals surface area contributed by atoms with Gasteiger partial charge in [-0.25, -0.2) is 13.2 Å². The number of benzene rings is 1. The van der Waals surface area contributed by atoms with Crippen LogP contribution in [0.2, 0.25) is 0 Å². The summed E-state index contributed by atoms with van der Waals surface area (Å²) >= 11 is 0. The maximum Gasteiger partial charge on any atom is 0.390 e. The van der Waals surface area contributed by atoms with Gasteiger partial charge in [-0.1, -0.05) is 0 Å². The third-order valence-electron chi connectivity index (χ3n) is 1.90. The quantitative estimate of drug-likeness (QED) is 0.651. The molecule has 2 N–H and O–H groups in total. The standard InChI is InChI=1S/C9H7F6N.ClH/c10-4-1-2-5(11)8(12)7(4)6(16)3-9(13,14)15;/h1-2,6H,3,16H2;1H/t6-;/m1./s1. The van der Waals surface area contributed by atoms with E-state index >= 15 is 0 Å². The van der Waals surface area contributed by atoms with Crippen LogP contribution in [-0.2, 0) is 0 Å². The van der Waals surface area contributed by atoms with Crippen LogP contribution in [0, 0.1) is 17.5 Å². The van der Waals surface area contributed by atoms with E-state index in [-0.39, 0.29) is 12.4 Å². The Balaban J connectivity index is 0.00000256. The van der Waals surface area contributed by atoms with Gasteiger partial charge in [0.05, 0.1) is 6.42 Å². The van der Waals surface area contributed by atoms with Crippen molar-refractivity contribution in [3.05, 3.63) is 35.1 Å². The molecule has 0 aliphatic carbocycles. The van der Waals surface area contributed by atoms with E-state index in [9.17, 15) is 26.3 Å². The monoisotopic (exact) mass is 279 g/mol. The van der Waals surface area contributed by atoms with Crippen molar-refractivity contribution in [1.29, 1.82) is 0 Å². The predicted octanol–water partition coefficient (Wildman–Crippen LogP) is 3.48. The first-order chi connectivity index (χ1) is 7.22. The molecule has 1 aromatic rings. The first-order valence-corrected chi connectivity index (χ1v) is 4.18. The lowest BCUT2D eigenvalue weighted by Gasteiger charge is -2.15. The van der Waals surface area contributed by atoms with E-state index in [4.69, 9.17) is 5.73 Å². The van der Waals surface area contributed by atoms with Crippen LogP contribution in [0.25, 0.3) is 0 Å². The summed E-state index contributed by atoms with van der Waals surface area (Å²) < 4.78 is 74.5. The number of hydrogen-bond donors (Lipinski definition) is 1. The van der Waals surface area contributed by atoms with Crippen molar-refractivity contribution in [2.45, 2.75) is 18.6 Å². The van der Waals surface area contributed by atoms with Crippen LogP contribution in [0.1, 0.15) is 18.0 Å². The summed E-state index contributed by atoms with van der Waals surface area (Å²) in [4.78, 5) is 0. The highest BCUT2D eigenvalue weighted by atomic mass is 35.5. The minimum absolute atomic E-state index is 0. The fraction of sp³-hybridized carbons (Fsp3) is 0.333. The molecule has 0 aliphatic heterocycles. The molecule has 17 heavy (non-hydrogen) atoms. The predicted molar refractivity (Wildman–Crippen MR) is 51.2 cm³/mol. The zero-order chi connectivity index (χ0) is 12.5. The molecular weight excluding hydrogens is 272 g/mol. The Labute approximate surface area is 99.0 Å². The van der Waals surface area contributed by atoms with Gasteiger partial charge in [0.15, 0.2) is 11.6 Å². The van der Waals surface area contributed by atoms with Crippen molar-refractivity contribution in [2.24, 2.45) is 5.73 Å². The number of hydrogen-bond acceptors (Lipinski definition) is 1. The fourth-order valence-corrected chi connectivity index (χ4v) is 1.23. The van der Waals surface area contributed by atoms with Gasteiger partial charge in [-0.15, -0.1) is 12.4 Å². The number of alkyl halides is 3. The van der Waals surface area contributed by atoms with Crippen LogP contribution < -0.4 is 5.73 Å². The average molecular weight is 280 g/mol.